The van der Waals surface area contributed by atoms with Crippen LogP contribution in [-0.4, -0.2) is 18.7 Å². The highest BCUT2D eigenvalue weighted by Crippen LogP contribution is 2.35. The minimum absolute atomic E-state index is 0.0837. The van der Waals surface area contributed by atoms with Crippen molar-refractivity contribution >= 4 is 12.7 Å². The van der Waals surface area contributed by atoms with E-state index in [4.69, 9.17) is 5.26 Å². The molecule has 1 fully saturated rings. The van der Waals surface area contributed by atoms with E-state index in [1.165, 1.54) is 12.8 Å². The second-order valence-electron chi connectivity index (χ2n) is 3.78. The van der Waals surface area contributed by atoms with Gasteiger partial charge in [0.25, 0.3) is 0 Å². The predicted molar refractivity (Wildman–Crippen MR) is 50.1 cm³/mol. The Morgan fingerprint density at radius 3 is 2.64 bits per heavy atom. The third kappa shape index (κ3) is 3.56. The quantitative estimate of drug-likeness (QED) is 0.604. The van der Waals surface area contributed by atoms with Gasteiger partial charge in [0.2, 0.25) is 6.41 Å². The van der Waals surface area contributed by atoms with Gasteiger partial charge >= 0.3 is 0 Å². The Kier molecular flexibility index (Phi) is 4.11. The highest BCUT2D eigenvalue weighted by Gasteiger charge is 2.26. The zero-order chi connectivity index (χ0) is 10.4. The Hall–Kier alpha value is -1.37. The molecule has 1 saturated carbocycles. The lowest BCUT2D eigenvalue weighted by atomic mass is 9.96. The molecule has 1 aliphatic rings. The van der Waals surface area contributed by atoms with E-state index in [2.05, 4.69) is 5.32 Å². The maximum absolute atomic E-state index is 10.7. The van der Waals surface area contributed by atoms with Crippen LogP contribution in [-0.2, 0) is 9.59 Å². The SMILES string of the molecule is N#C[C@H](C[C@@H](C=O)CC1CC1)NC=O. The van der Waals surface area contributed by atoms with Gasteiger partial charge in [-0.25, -0.2) is 0 Å². The normalized spacial score (nSPS) is 19.1. The molecule has 14 heavy (non-hydrogen) atoms. The van der Waals surface area contributed by atoms with E-state index in [0.29, 0.717) is 18.7 Å². The number of hydrogen-bond donors (Lipinski definition) is 1. The fourth-order valence-electron chi connectivity index (χ4n) is 1.53. The summed E-state index contributed by atoms with van der Waals surface area (Å²) in [6, 6.07) is 1.43. The first-order chi connectivity index (χ1) is 6.80. The molecule has 0 aromatic carbocycles. The van der Waals surface area contributed by atoms with Crippen LogP contribution < -0.4 is 5.32 Å². The number of carbonyl (C=O) groups excluding carboxylic acids is 2. The van der Waals surface area contributed by atoms with Crippen LogP contribution in [0, 0.1) is 23.2 Å². The van der Waals surface area contributed by atoms with Crippen LogP contribution in [0.5, 0.6) is 0 Å². The van der Waals surface area contributed by atoms with Crippen LogP contribution in [0.2, 0.25) is 0 Å². The van der Waals surface area contributed by atoms with Gasteiger partial charge in [-0.1, -0.05) is 12.8 Å². The number of hydrogen-bond acceptors (Lipinski definition) is 3. The van der Waals surface area contributed by atoms with Crippen LogP contribution >= 0.6 is 0 Å². The van der Waals surface area contributed by atoms with Crippen LogP contribution in [0.15, 0.2) is 0 Å². The van der Waals surface area contributed by atoms with Crippen molar-refractivity contribution in [1.82, 2.24) is 5.32 Å². The summed E-state index contributed by atoms with van der Waals surface area (Å²) < 4.78 is 0. The van der Waals surface area contributed by atoms with E-state index in [-0.39, 0.29) is 5.92 Å². The highest BCUT2D eigenvalue weighted by molar-refractivity contribution is 5.54. The second kappa shape index (κ2) is 5.38. The van der Waals surface area contributed by atoms with Crippen molar-refractivity contribution in [3.8, 4) is 6.07 Å². The van der Waals surface area contributed by atoms with Crippen molar-refractivity contribution in [2.24, 2.45) is 11.8 Å². The lowest BCUT2D eigenvalue weighted by Crippen LogP contribution is -2.29. The largest absolute Gasteiger partial charge is 0.343 e. The lowest BCUT2D eigenvalue weighted by Gasteiger charge is -2.12. The average Bonchev–Trinajstić information content (AvgIpc) is 2.99. The van der Waals surface area contributed by atoms with Gasteiger partial charge in [0.1, 0.15) is 12.3 Å². The molecule has 1 aliphatic carbocycles. The number of nitrogens with one attached hydrogen (secondary N) is 1. The monoisotopic (exact) mass is 194 g/mol. The molecule has 4 heteroatoms. The summed E-state index contributed by atoms with van der Waals surface area (Å²) >= 11 is 0. The van der Waals surface area contributed by atoms with Gasteiger partial charge in [0, 0.05) is 5.92 Å². The van der Waals surface area contributed by atoms with Crippen molar-refractivity contribution in [2.75, 3.05) is 0 Å². The highest BCUT2D eigenvalue weighted by atomic mass is 16.1. The van der Waals surface area contributed by atoms with Crippen molar-refractivity contribution < 1.29 is 9.59 Å². The summed E-state index contributed by atoms with van der Waals surface area (Å²) in [5, 5.41) is 11.1. The predicted octanol–water partition coefficient (Wildman–Crippen LogP) is 0.630. The summed E-state index contributed by atoms with van der Waals surface area (Å²) in [5.41, 5.74) is 0. The van der Waals surface area contributed by atoms with Crippen LogP contribution in [0.3, 0.4) is 0 Å². The van der Waals surface area contributed by atoms with Gasteiger partial charge in [-0.2, -0.15) is 5.26 Å². The van der Waals surface area contributed by atoms with Crippen LogP contribution in [0.4, 0.5) is 0 Å². The van der Waals surface area contributed by atoms with Crippen LogP contribution in [0.25, 0.3) is 0 Å². The number of rotatable bonds is 7. The molecule has 1 amide bonds. The maximum Gasteiger partial charge on any atom is 0.208 e. The molecular weight excluding hydrogens is 180 g/mol. The molecule has 0 aliphatic heterocycles. The van der Waals surface area contributed by atoms with Crippen molar-refractivity contribution in [3.05, 3.63) is 0 Å². The first-order valence-corrected chi connectivity index (χ1v) is 4.84. The van der Waals surface area contributed by atoms with Gasteiger partial charge < -0.3 is 10.1 Å². The molecule has 1 rings (SSSR count). The summed E-state index contributed by atoms with van der Waals surface area (Å²) in [6.45, 7) is 0. The van der Waals surface area contributed by atoms with E-state index in [9.17, 15) is 9.59 Å². The molecule has 0 heterocycles. The molecule has 76 valence electrons. The Morgan fingerprint density at radius 2 is 2.21 bits per heavy atom. The molecule has 0 spiro atoms. The molecule has 0 bridgehead atoms. The Bertz CT molecular complexity index is 243. The van der Waals surface area contributed by atoms with Gasteiger partial charge in [-0.15, -0.1) is 0 Å². The van der Waals surface area contributed by atoms with Crippen LogP contribution in [0.1, 0.15) is 25.7 Å². The van der Waals surface area contributed by atoms with Crippen molar-refractivity contribution in [2.45, 2.75) is 31.7 Å². The molecule has 2 atom stereocenters. The first kappa shape index (κ1) is 10.7. The molecule has 4 nitrogen and oxygen atoms in total. The number of amides is 1. The minimum atomic E-state index is -0.526. The van der Waals surface area contributed by atoms with Crippen molar-refractivity contribution in [1.29, 1.82) is 5.26 Å². The zero-order valence-corrected chi connectivity index (χ0v) is 7.98. The Labute approximate surface area is 83.3 Å². The van der Waals surface area contributed by atoms with E-state index < -0.39 is 6.04 Å². The standard InChI is InChI=1S/C10H14N2O2/c11-5-10(12-7-14)4-9(6-13)3-8-1-2-8/h6-10H,1-4H2,(H,12,14)/t9-,10-/m0/s1. The van der Waals surface area contributed by atoms with Gasteiger partial charge in [-0.3, -0.25) is 4.79 Å². The molecule has 1 N–H and O–H groups in total. The summed E-state index contributed by atoms with van der Waals surface area (Å²) in [4.78, 5) is 20.8. The molecule has 0 aromatic rings. The molecule has 0 aromatic heterocycles. The topological polar surface area (TPSA) is 70.0 Å². The fraction of sp³-hybridized carbons (Fsp3) is 0.700. The number of carbonyl (C=O) groups is 2. The third-order valence-corrected chi connectivity index (χ3v) is 2.49. The molecular formula is C10H14N2O2. The number of nitrogens with zero attached hydrogens (tertiary/aromatic N) is 1. The van der Waals surface area contributed by atoms with E-state index in [0.717, 1.165) is 12.7 Å². The number of nitriles is 1. The second-order valence-corrected chi connectivity index (χ2v) is 3.78. The minimum Gasteiger partial charge on any atom is -0.343 e. The molecule has 0 saturated heterocycles. The van der Waals surface area contributed by atoms with Gasteiger partial charge in [0.15, 0.2) is 0 Å². The molecule has 0 radical (unpaired) electrons. The first-order valence-electron chi connectivity index (χ1n) is 4.84. The van der Waals surface area contributed by atoms with Crippen molar-refractivity contribution in [3.63, 3.8) is 0 Å². The lowest BCUT2D eigenvalue weighted by molar-refractivity contribution is -0.113. The zero-order valence-electron chi connectivity index (χ0n) is 7.98. The fourth-order valence-corrected chi connectivity index (χ4v) is 1.53. The smallest absolute Gasteiger partial charge is 0.208 e. The third-order valence-electron chi connectivity index (χ3n) is 2.49. The maximum atomic E-state index is 10.7. The van der Waals surface area contributed by atoms with Gasteiger partial charge in [-0.05, 0) is 18.8 Å². The summed E-state index contributed by atoms with van der Waals surface area (Å²) in [6.07, 6.45) is 5.10. The summed E-state index contributed by atoms with van der Waals surface area (Å²) in [7, 11) is 0. The molecule has 0 unspecified atom stereocenters. The van der Waals surface area contributed by atoms with E-state index in [1.54, 1.807) is 0 Å². The van der Waals surface area contributed by atoms with Gasteiger partial charge in [0.05, 0.1) is 6.07 Å². The Balaban J connectivity index is 2.32. The summed E-state index contributed by atoms with van der Waals surface area (Å²) in [5.74, 6) is 0.584. The van der Waals surface area contributed by atoms with E-state index >= 15 is 0 Å². The Morgan fingerprint density at radius 1 is 1.50 bits per heavy atom. The number of aldehydes is 1. The van der Waals surface area contributed by atoms with E-state index in [1.807, 2.05) is 6.07 Å². The average molecular weight is 194 g/mol.